The van der Waals surface area contributed by atoms with E-state index in [0.717, 1.165) is 24.7 Å². The monoisotopic (exact) mass is 212 g/mol. The second-order valence-electron chi connectivity index (χ2n) is 6.04. The fourth-order valence-corrected chi connectivity index (χ4v) is 2.90. The van der Waals surface area contributed by atoms with E-state index in [-0.39, 0.29) is 6.10 Å². The molecule has 0 aromatic heterocycles. The molecule has 1 nitrogen and oxygen atoms in total. The van der Waals surface area contributed by atoms with E-state index in [0.29, 0.717) is 5.41 Å². The van der Waals surface area contributed by atoms with Crippen molar-refractivity contribution in [1.29, 1.82) is 0 Å². The molecule has 0 radical (unpaired) electrons. The van der Waals surface area contributed by atoms with Crippen LogP contribution >= 0.6 is 0 Å². The van der Waals surface area contributed by atoms with Gasteiger partial charge in [-0.15, -0.1) is 0 Å². The molecule has 0 unspecified atom stereocenters. The zero-order chi connectivity index (χ0) is 11.5. The molecule has 1 fully saturated rings. The highest BCUT2D eigenvalue weighted by Gasteiger charge is 2.35. The molecule has 0 amide bonds. The Hall–Kier alpha value is -0.0400. The summed E-state index contributed by atoms with van der Waals surface area (Å²) in [5.41, 5.74) is 0.489. The average molecular weight is 212 g/mol. The minimum Gasteiger partial charge on any atom is -0.393 e. The van der Waals surface area contributed by atoms with E-state index in [9.17, 15) is 5.11 Å². The highest BCUT2D eigenvalue weighted by Crippen LogP contribution is 2.46. The molecule has 1 rings (SSSR count). The smallest absolute Gasteiger partial charge is 0.0537 e. The molecule has 1 saturated carbocycles. The Kier molecular flexibility index (Phi) is 4.64. The molecule has 0 spiro atoms. The molecule has 90 valence electrons. The maximum atomic E-state index is 9.64. The molecule has 0 bridgehead atoms. The van der Waals surface area contributed by atoms with Crippen LogP contribution in [0.1, 0.15) is 66.2 Å². The predicted molar refractivity (Wildman–Crippen MR) is 65.8 cm³/mol. The van der Waals surface area contributed by atoms with Crippen LogP contribution in [0.4, 0.5) is 0 Å². The third kappa shape index (κ3) is 3.48. The van der Waals surface area contributed by atoms with Crippen LogP contribution < -0.4 is 0 Å². The molecule has 0 aliphatic heterocycles. The third-order valence-electron chi connectivity index (χ3n) is 4.67. The summed E-state index contributed by atoms with van der Waals surface area (Å²) >= 11 is 0. The zero-order valence-corrected chi connectivity index (χ0v) is 10.9. The van der Waals surface area contributed by atoms with Gasteiger partial charge in [0.2, 0.25) is 0 Å². The van der Waals surface area contributed by atoms with Crippen molar-refractivity contribution in [3.63, 3.8) is 0 Å². The first-order valence-corrected chi connectivity index (χ1v) is 6.66. The summed E-state index contributed by atoms with van der Waals surface area (Å²) in [6, 6.07) is 0. The van der Waals surface area contributed by atoms with E-state index < -0.39 is 0 Å². The quantitative estimate of drug-likeness (QED) is 0.747. The van der Waals surface area contributed by atoms with Crippen LogP contribution in [0.25, 0.3) is 0 Å². The van der Waals surface area contributed by atoms with Crippen molar-refractivity contribution in [3.8, 4) is 0 Å². The van der Waals surface area contributed by atoms with E-state index >= 15 is 0 Å². The van der Waals surface area contributed by atoms with E-state index in [1.54, 1.807) is 0 Å². The van der Waals surface area contributed by atoms with Crippen molar-refractivity contribution in [3.05, 3.63) is 0 Å². The van der Waals surface area contributed by atoms with Crippen molar-refractivity contribution >= 4 is 0 Å². The Morgan fingerprint density at radius 3 is 2.60 bits per heavy atom. The number of rotatable bonds is 4. The molecule has 15 heavy (non-hydrogen) atoms. The van der Waals surface area contributed by atoms with E-state index in [1.807, 2.05) is 0 Å². The summed E-state index contributed by atoms with van der Waals surface area (Å²) in [6.07, 6.45) is 7.13. The van der Waals surface area contributed by atoms with Crippen LogP contribution in [-0.4, -0.2) is 11.2 Å². The van der Waals surface area contributed by atoms with Crippen LogP contribution in [0.5, 0.6) is 0 Å². The van der Waals surface area contributed by atoms with Gasteiger partial charge < -0.3 is 5.11 Å². The Labute approximate surface area is 95.3 Å². The van der Waals surface area contributed by atoms with Crippen molar-refractivity contribution in [2.24, 2.45) is 17.3 Å². The molecule has 0 aromatic carbocycles. The first kappa shape index (κ1) is 13.0. The van der Waals surface area contributed by atoms with Gasteiger partial charge in [-0.25, -0.2) is 0 Å². The minimum absolute atomic E-state index is 0.0756. The number of aliphatic hydroxyl groups excluding tert-OH is 1. The van der Waals surface area contributed by atoms with Crippen LogP contribution in [0.2, 0.25) is 0 Å². The first-order valence-electron chi connectivity index (χ1n) is 6.66. The second-order valence-corrected chi connectivity index (χ2v) is 6.04. The average Bonchev–Trinajstić information content (AvgIpc) is 2.21. The Bertz CT molecular complexity index is 190. The van der Waals surface area contributed by atoms with Crippen molar-refractivity contribution < 1.29 is 5.11 Å². The predicted octanol–water partition coefficient (Wildman–Crippen LogP) is 4.00. The van der Waals surface area contributed by atoms with Crippen molar-refractivity contribution in [1.82, 2.24) is 0 Å². The number of hydrogen-bond acceptors (Lipinski definition) is 1. The summed E-state index contributed by atoms with van der Waals surface area (Å²) in [5.74, 6) is 1.73. The molecule has 1 aliphatic rings. The largest absolute Gasteiger partial charge is 0.393 e. The Morgan fingerprint density at radius 2 is 2.07 bits per heavy atom. The van der Waals surface area contributed by atoms with Crippen LogP contribution in [0, 0.1) is 17.3 Å². The van der Waals surface area contributed by atoms with Gasteiger partial charge in [-0.1, -0.05) is 34.1 Å². The first-order chi connectivity index (χ1) is 6.98. The molecule has 0 aromatic rings. The lowest BCUT2D eigenvalue weighted by Crippen LogP contribution is -2.32. The summed E-state index contributed by atoms with van der Waals surface area (Å²) in [5, 5.41) is 9.64. The van der Waals surface area contributed by atoms with Crippen molar-refractivity contribution in [2.45, 2.75) is 72.3 Å². The zero-order valence-electron chi connectivity index (χ0n) is 10.9. The van der Waals surface area contributed by atoms with Gasteiger partial charge in [0.1, 0.15) is 0 Å². The van der Waals surface area contributed by atoms with Gasteiger partial charge in [-0.05, 0) is 49.4 Å². The number of hydrogen-bond donors (Lipinski definition) is 1. The highest BCUT2D eigenvalue weighted by molar-refractivity contribution is 4.86. The topological polar surface area (TPSA) is 20.2 Å². The van der Waals surface area contributed by atoms with Crippen LogP contribution in [0.15, 0.2) is 0 Å². The van der Waals surface area contributed by atoms with Gasteiger partial charge in [-0.2, -0.15) is 0 Å². The molecule has 1 aliphatic carbocycles. The maximum Gasteiger partial charge on any atom is 0.0537 e. The summed E-state index contributed by atoms with van der Waals surface area (Å²) in [4.78, 5) is 0. The standard InChI is InChI=1S/C14H28O/c1-5-13(15)7-9-14(4)8-6-11(2)10-12(14)3/h11-13,15H,5-10H2,1-4H3/t11-,12-,13+,14-/m0/s1. The lowest BCUT2D eigenvalue weighted by molar-refractivity contribution is 0.0621. The van der Waals surface area contributed by atoms with Crippen molar-refractivity contribution in [2.75, 3.05) is 0 Å². The SMILES string of the molecule is CC[C@@H](O)CC[C@]1(C)CC[C@H](C)C[C@@H]1C. The second kappa shape index (κ2) is 5.34. The van der Waals surface area contributed by atoms with E-state index in [1.165, 1.54) is 25.7 Å². The summed E-state index contributed by atoms with van der Waals surface area (Å²) < 4.78 is 0. The Morgan fingerprint density at radius 1 is 1.40 bits per heavy atom. The van der Waals surface area contributed by atoms with Gasteiger partial charge in [0.05, 0.1) is 6.10 Å². The lowest BCUT2D eigenvalue weighted by atomic mass is 9.63. The molecular formula is C14H28O. The van der Waals surface area contributed by atoms with E-state index in [4.69, 9.17) is 0 Å². The normalized spacial score (nSPS) is 39.0. The van der Waals surface area contributed by atoms with Gasteiger partial charge >= 0.3 is 0 Å². The fraction of sp³-hybridized carbons (Fsp3) is 1.00. The highest BCUT2D eigenvalue weighted by atomic mass is 16.3. The summed E-state index contributed by atoms with van der Waals surface area (Å²) in [6.45, 7) is 9.26. The lowest BCUT2D eigenvalue weighted by Gasteiger charge is -2.42. The number of aliphatic hydroxyl groups is 1. The minimum atomic E-state index is -0.0756. The molecule has 4 atom stereocenters. The summed E-state index contributed by atoms with van der Waals surface area (Å²) in [7, 11) is 0. The van der Waals surface area contributed by atoms with Gasteiger partial charge in [0, 0.05) is 0 Å². The molecule has 1 N–H and O–H groups in total. The molecule has 0 saturated heterocycles. The molecule has 1 heteroatoms. The Balaban J connectivity index is 2.43. The van der Waals surface area contributed by atoms with Gasteiger partial charge in [-0.3, -0.25) is 0 Å². The maximum absolute atomic E-state index is 9.64. The molecular weight excluding hydrogens is 184 g/mol. The fourth-order valence-electron chi connectivity index (χ4n) is 2.90. The third-order valence-corrected chi connectivity index (χ3v) is 4.67. The van der Waals surface area contributed by atoms with Gasteiger partial charge in [0.15, 0.2) is 0 Å². The van der Waals surface area contributed by atoms with Gasteiger partial charge in [0.25, 0.3) is 0 Å². The van der Waals surface area contributed by atoms with Crippen LogP contribution in [0.3, 0.4) is 0 Å². The van der Waals surface area contributed by atoms with Crippen LogP contribution in [-0.2, 0) is 0 Å². The molecule has 0 heterocycles. The van der Waals surface area contributed by atoms with E-state index in [2.05, 4.69) is 27.7 Å².